The Morgan fingerprint density at radius 2 is 1.56 bits per heavy atom. The normalized spacial score (nSPS) is 10.8. The SMILES string of the molecule is O=C(Nc1ccc(Cc2ccncc2)cc1)c1cc(-c2cccnc2)nc2ccccc12. The lowest BCUT2D eigenvalue weighted by Crippen LogP contribution is -2.13. The van der Waals surface area contributed by atoms with Gasteiger partial charge in [-0.05, 0) is 66.1 Å². The largest absolute Gasteiger partial charge is 0.322 e. The molecule has 0 saturated heterocycles. The number of carbonyl (C=O) groups is 1. The van der Waals surface area contributed by atoms with Crippen LogP contribution in [0.1, 0.15) is 21.5 Å². The summed E-state index contributed by atoms with van der Waals surface area (Å²) in [5.74, 6) is -0.171. The Morgan fingerprint density at radius 3 is 2.34 bits per heavy atom. The Kier molecular flexibility index (Phi) is 5.37. The van der Waals surface area contributed by atoms with Crippen molar-refractivity contribution >= 4 is 22.5 Å². The van der Waals surface area contributed by atoms with Gasteiger partial charge in [0.15, 0.2) is 0 Å². The van der Waals surface area contributed by atoms with E-state index in [-0.39, 0.29) is 5.91 Å². The van der Waals surface area contributed by atoms with Crippen molar-refractivity contribution in [2.45, 2.75) is 6.42 Å². The minimum atomic E-state index is -0.171. The molecule has 0 saturated carbocycles. The lowest BCUT2D eigenvalue weighted by Gasteiger charge is -2.11. The first-order chi connectivity index (χ1) is 15.8. The average Bonchev–Trinajstić information content (AvgIpc) is 2.85. The highest BCUT2D eigenvalue weighted by Crippen LogP contribution is 2.25. The summed E-state index contributed by atoms with van der Waals surface area (Å²) in [5, 5.41) is 3.84. The molecule has 0 spiro atoms. The van der Waals surface area contributed by atoms with Gasteiger partial charge in [0.2, 0.25) is 0 Å². The van der Waals surface area contributed by atoms with Crippen LogP contribution in [0.4, 0.5) is 5.69 Å². The summed E-state index contributed by atoms with van der Waals surface area (Å²) in [6.45, 7) is 0. The lowest BCUT2D eigenvalue weighted by molar-refractivity contribution is 0.102. The van der Waals surface area contributed by atoms with Crippen molar-refractivity contribution in [3.8, 4) is 11.3 Å². The minimum Gasteiger partial charge on any atom is -0.322 e. The van der Waals surface area contributed by atoms with Crippen molar-refractivity contribution in [2.75, 3.05) is 5.32 Å². The van der Waals surface area contributed by atoms with E-state index >= 15 is 0 Å². The van der Waals surface area contributed by atoms with Crippen molar-refractivity contribution in [3.05, 3.63) is 120 Å². The topological polar surface area (TPSA) is 67.8 Å². The van der Waals surface area contributed by atoms with Crippen LogP contribution in [-0.2, 0) is 6.42 Å². The molecule has 5 aromatic rings. The fourth-order valence-electron chi connectivity index (χ4n) is 3.67. The molecule has 32 heavy (non-hydrogen) atoms. The number of rotatable bonds is 5. The number of aromatic nitrogens is 3. The molecule has 3 heterocycles. The molecule has 0 bridgehead atoms. The zero-order valence-corrected chi connectivity index (χ0v) is 17.3. The van der Waals surface area contributed by atoms with E-state index in [0.29, 0.717) is 5.56 Å². The number of anilines is 1. The van der Waals surface area contributed by atoms with Gasteiger partial charge < -0.3 is 5.32 Å². The van der Waals surface area contributed by atoms with E-state index in [1.165, 1.54) is 11.1 Å². The fraction of sp³-hybridized carbons (Fsp3) is 0.0370. The molecule has 0 atom stereocenters. The van der Waals surface area contributed by atoms with Gasteiger partial charge in [0.05, 0.1) is 16.8 Å². The average molecular weight is 416 g/mol. The Morgan fingerprint density at radius 1 is 0.781 bits per heavy atom. The molecule has 0 aliphatic rings. The zero-order valence-electron chi connectivity index (χ0n) is 17.3. The summed E-state index contributed by atoms with van der Waals surface area (Å²) in [4.78, 5) is 26.2. The Bertz CT molecular complexity index is 1370. The third-order valence-corrected chi connectivity index (χ3v) is 5.29. The second-order valence-corrected chi connectivity index (χ2v) is 7.50. The summed E-state index contributed by atoms with van der Waals surface area (Å²) < 4.78 is 0. The highest BCUT2D eigenvalue weighted by Gasteiger charge is 2.14. The first kappa shape index (κ1) is 19.6. The number of benzene rings is 2. The van der Waals surface area contributed by atoms with E-state index in [9.17, 15) is 4.79 Å². The van der Waals surface area contributed by atoms with Crippen molar-refractivity contribution in [1.82, 2.24) is 15.0 Å². The third kappa shape index (κ3) is 4.23. The van der Waals surface area contributed by atoms with E-state index in [1.54, 1.807) is 24.8 Å². The number of fused-ring (bicyclic) bond motifs is 1. The number of amides is 1. The van der Waals surface area contributed by atoms with Crippen LogP contribution < -0.4 is 5.32 Å². The second kappa shape index (κ2) is 8.78. The zero-order chi connectivity index (χ0) is 21.8. The van der Waals surface area contributed by atoms with Crippen molar-refractivity contribution in [3.63, 3.8) is 0 Å². The van der Waals surface area contributed by atoms with Crippen LogP contribution in [0, 0.1) is 0 Å². The molecule has 3 aromatic heterocycles. The van der Waals surface area contributed by atoms with Gasteiger partial charge in [-0.25, -0.2) is 4.98 Å². The monoisotopic (exact) mass is 416 g/mol. The van der Waals surface area contributed by atoms with Crippen molar-refractivity contribution in [1.29, 1.82) is 0 Å². The number of pyridine rings is 3. The van der Waals surface area contributed by atoms with E-state index in [2.05, 4.69) is 15.3 Å². The van der Waals surface area contributed by atoms with Gasteiger partial charge in [-0.3, -0.25) is 14.8 Å². The minimum absolute atomic E-state index is 0.171. The number of para-hydroxylation sites is 1. The molecule has 1 N–H and O–H groups in total. The first-order valence-electron chi connectivity index (χ1n) is 10.4. The van der Waals surface area contributed by atoms with Crippen LogP contribution in [0.25, 0.3) is 22.2 Å². The molecule has 5 nitrogen and oxygen atoms in total. The molecule has 5 rings (SSSR count). The summed E-state index contributed by atoms with van der Waals surface area (Å²) in [7, 11) is 0. The van der Waals surface area contributed by atoms with Crippen LogP contribution in [0.2, 0.25) is 0 Å². The molecule has 0 fully saturated rings. The summed E-state index contributed by atoms with van der Waals surface area (Å²) in [6.07, 6.45) is 7.88. The van der Waals surface area contributed by atoms with E-state index in [0.717, 1.165) is 34.3 Å². The van der Waals surface area contributed by atoms with E-state index in [1.807, 2.05) is 78.9 Å². The summed E-state index contributed by atoms with van der Waals surface area (Å²) in [6, 6.07) is 25.2. The van der Waals surface area contributed by atoms with Crippen LogP contribution in [0.3, 0.4) is 0 Å². The Hall–Kier alpha value is -4.38. The van der Waals surface area contributed by atoms with E-state index < -0.39 is 0 Å². The quantitative estimate of drug-likeness (QED) is 0.409. The summed E-state index contributed by atoms with van der Waals surface area (Å²) in [5.41, 5.74) is 6.05. The third-order valence-electron chi connectivity index (χ3n) is 5.29. The number of carbonyl (C=O) groups excluding carboxylic acids is 1. The van der Waals surface area contributed by atoms with Crippen LogP contribution >= 0.6 is 0 Å². The number of nitrogens with one attached hydrogen (secondary N) is 1. The molecule has 154 valence electrons. The molecule has 0 aliphatic heterocycles. The molecule has 5 heteroatoms. The summed E-state index contributed by atoms with van der Waals surface area (Å²) >= 11 is 0. The molecule has 0 radical (unpaired) electrons. The van der Waals surface area contributed by atoms with Crippen molar-refractivity contribution in [2.24, 2.45) is 0 Å². The molecular weight excluding hydrogens is 396 g/mol. The smallest absolute Gasteiger partial charge is 0.256 e. The number of nitrogens with zero attached hydrogens (tertiary/aromatic N) is 3. The Labute approximate surface area is 185 Å². The highest BCUT2D eigenvalue weighted by atomic mass is 16.1. The van der Waals surface area contributed by atoms with Gasteiger partial charge >= 0.3 is 0 Å². The maximum Gasteiger partial charge on any atom is 0.256 e. The highest BCUT2D eigenvalue weighted by molar-refractivity contribution is 6.13. The molecular formula is C27H20N4O. The molecule has 0 unspecified atom stereocenters. The number of hydrogen-bond acceptors (Lipinski definition) is 4. The Balaban J connectivity index is 1.42. The standard InChI is InChI=1S/C27H20N4O/c32-27(30-22-9-7-19(8-10-22)16-20-11-14-28-15-12-20)24-17-26(21-4-3-13-29-18-21)31-25-6-2-1-5-23(24)25/h1-15,17-18H,16H2,(H,30,32). The fourth-order valence-corrected chi connectivity index (χ4v) is 3.67. The van der Waals surface area contributed by atoms with Gasteiger partial charge in [0.1, 0.15) is 0 Å². The van der Waals surface area contributed by atoms with Crippen LogP contribution in [-0.4, -0.2) is 20.9 Å². The van der Waals surface area contributed by atoms with Crippen LogP contribution in [0.15, 0.2) is 104 Å². The lowest BCUT2D eigenvalue weighted by atomic mass is 10.0. The van der Waals surface area contributed by atoms with Gasteiger partial charge in [-0.1, -0.05) is 30.3 Å². The van der Waals surface area contributed by atoms with Gasteiger partial charge in [0, 0.05) is 41.4 Å². The molecule has 0 aliphatic carbocycles. The molecule has 1 amide bonds. The maximum atomic E-state index is 13.2. The van der Waals surface area contributed by atoms with E-state index in [4.69, 9.17) is 4.98 Å². The predicted octanol–water partition coefficient (Wildman–Crippen LogP) is 5.53. The predicted molar refractivity (Wildman–Crippen MR) is 126 cm³/mol. The van der Waals surface area contributed by atoms with Gasteiger partial charge in [-0.2, -0.15) is 0 Å². The van der Waals surface area contributed by atoms with Gasteiger partial charge in [-0.15, -0.1) is 0 Å². The first-order valence-corrected chi connectivity index (χ1v) is 10.4. The second-order valence-electron chi connectivity index (χ2n) is 7.50. The maximum absolute atomic E-state index is 13.2. The number of hydrogen-bond donors (Lipinski definition) is 1. The molecule has 2 aromatic carbocycles. The van der Waals surface area contributed by atoms with Crippen LogP contribution in [0.5, 0.6) is 0 Å². The van der Waals surface area contributed by atoms with Crippen molar-refractivity contribution < 1.29 is 4.79 Å². The van der Waals surface area contributed by atoms with Gasteiger partial charge in [0.25, 0.3) is 5.91 Å².